The van der Waals surface area contributed by atoms with Crippen molar-refractivity contribution in [1.82, 2.24) is 14.2 Å². The summed E-state index contributed by atoms with van der Waals surface area (Å²) in [5.74, 6) is 0. The topological polar surface area (TPSA) is 91.8 Å². The number of ether oxygens (including phenoxy) is 1. The SMILES string of the molecule is CC(C)(C)OC(=O)N1CC=C(c2cc(C(F)(F)F)ccc2-c2cccc3c2CCN(S(=O)(=O)Nc2ncc(F)s2)C3)CC1. The average Bonchev–Trinajstić information content (AvgIpc) is 3.34. The fourth-order valence-corrected chi connectivity index (χ4v) is 7.07. The van der Waals surface area contributed by atoms with Crippen molar-refractivity contribution in [1.29, 1.82) is 0 Å². The van der Waals surface area contributed by atoms with Crippen LogP contribution in [0.4, 0.5) is 27.5 Å². The second-order valence-electron chi connectivity index (χ2n) is 11.3. The van der Waals surface area contributed by atoms with Gasteiger partial charge >= 0.3 is 22.5 Å². The maximum atomic E-state index is 13.8. The summed E-state index contributed by atoms with van der Waals surface area (Å²) in [7, 11) is -4.03. The molecule has 43 heavy (non-hydrogen) atoms. The summed E-state index contributed by atoms with van der Waals surface area (Å²) in [5.41, 5.74) is 2.48. The molecule has 0 radical (unpaired) electrons. The molecule has 0 fully saturated rings. The van der Waals surface area contributed by atoms with E-state index in [0.29, 0.717) is 52.0 Å². The number of alkyl halides is 3. The zero-order valence-electron chi connectivity index (χ0n) is 23.7. The molecule has 0 aliphatic carbocycles. The highest BCUT2D eigenvalue weighted by Gasteiger charge is 2.33. The van der Waals surface area contributed by atoms with Crippen LogP contribution in [-0.2, 0) is 34.1 Å². The smallest absolute Gasteiger partial charge is 0.416 e. The summed E-state index contributed by atoms with van der Waals surface area (Å²) in [5, 5.41) is -0.707. The number of hydrogen-bond donors (Lipinski definition) is 1. The summed E-state index contributed by atoms with van der Waals surface area (Å²) in [6, 6.07) is 8.99. The number of carbonyl (C=O) groups is 1. The Morgan fingerprint density at radius 2 is 1.81 bits per heavy atom. The first kappa shape index (κ1) is 31.0. The molecule has 2 aliphatic heterocycles. The van der Waals surface area contributed by atoms with Gasteiger partial charge < -0.3 is 9.64 Å². The number of anilines is 1. The van der Waals surface area contributed by atoms with Gasteiger partial charge in [0.2, 0.25) is 0 Å². The Morgan fingerprint density at radius 1 is 1.05 bits per heavy atom. The molecule has 14 heteroatoms. The van der Waals surface area contributed by atoms with E-state index in [1.807, 2.05) is 6.07 Å². The number of halogens is 4. The first-order chi connectivity index (χ1) is 20.1. The van der Waals surface area contributed by atoms with Gasteiger partial charge in [-0.3, -0.25) is 0 Å². The van der Waals surface area contributed by atoms with E-state index in [4.69, 9.17) is 4.74 Å². The fourth-order valence-electron chi connectivity index (χ4n) is 5.14. The number of thiazole rings is 1. The van der Waals surface area contributed by atoms with Crippen LogP contribution in [0.3, 0.4) is 0 Å². The molecule has 3 aromatic rings. The maximum absolute atomic E-state index is 13.8. The minimum atomic E-state index is -4.55. The molecular formula is C29H30F4N4O4S2. The van der Waals surface area contributed by atoms with Crippen molar-refractivity contribution < 1.29 is 35.5 Å². The van der Waals surface area contributed by atoms with Crippen LogP contribution in [0.2, 0.25) is 0 Å². The summed E-state index contributed by atoms with van der Waals surface area (Å²) in [6.07, 6.45) is -1.72. The molecule has 0 saturated carbocycles. The molecule has 230 valence electrons. The fraction of sp³-hybridized carbons (Fsp3) is 0.379. The van der Waals surface area contributed by atoms with Crippen LogP contribution in [0.5, 0.6) is 0 Å². The lowest BCUT2D eigenvalue weighted by Gasteiger charge is -2.31. The molecule has 1 aromatic heterocycles. The van der Waals surface area contributed by atoms with Crippen LogP contribution in [0.25, 0.3) is 16.7 Å². The number of carbonyl (C=O) groups excluding carboxylic acids is 1. The van der Waals surface area contributed by atoms with E-state index in [1.165, 1.54) is 15.3 Å². The lowest BCUT2D eigenvalue weighted by atomic mass is 9.85. The molecule has 0 saturated heterocycles. The Bertz CT molecular complexity index is 1680. The molecule has 2 aromatic carbocycles. The zero-order chi connectivity index (χ0) is 31.2. The number of nitrogens with zero attached hydrogens (tertiary/aromatic N) is 3. The summed E-state index contributed by atoms with van der Waals surface area (Å²) < 4.78 is 89.7. The first-order valence-electron chi connectivity index (χ1n) is 13.5. The van der Waals surface area contributed by atoms with Crippen molar-refractivity contribution >= 4 is 38.3 Å². The molecule has 1 amide bonds. The Balaban J connectivity index is 1.47. The summed E-state index contributed by atoms with van der Waals surface area (Å²) in [4.78, 5) is 17.8. The van der Waals surface area contributed by atoms with E-state index in [2.05, 4.69) is 9.71 Å². The molecule has 0 spiro atoms. The van der Waals surface area contributed by atoms with Gasteiger partial charge in [-0.2, -0.15) is 30.3 Å². The van der Waals surface area contributed by atoms with Gasteiger partial charge in [0.25, 0.3) is 0 Å². The molecule has 5 rings (SSSR count). The third kappa shape index (κ3) is 7.02. The predicted molar refractivity (Wildman–Crippen MR) is 156 cm³/mol. The number of aromatic nitrogens is 1. The van der Waals surface area contributed by atoms with Crippen molar-refractivity contribution in [2.24, 2.45) is 0 Å². The maximum Gasteiger partial charge on any atom is 0.416 e. The molecule has 2 aliphatic rings. The Morgan fingerprint density at radius 3 is 2.44 bits per heavy atom. The van der Waals surface area contributed by atoms with Crippen LogP contribution < -0.4 is 4.72 Å². The van der Waals surface area contributed by atoms with Gasteiger partial charge in [0.15, 0.2) is 10.3 Å². The van der Waals surface area contributed by atoms with E-state index in [0.717, 1.165) is 23.9 Å². The normalized spacial score (nSPS) is 16.4. The lowest BCUT2D eigenvalue weighted by Crippen LogP contribution is -2.39. The van der Waals surface area contributed by atoms with Crippen molar-refractivity contribution in [3.63, 3.8) is 0 Å². The van der Waals surface area contributed by atoms with E-state index in [1.54, 1.807) is 39.0 Å². The molecule has 1 N–H and O–H groups in total. The predicted octanol–water partition coefficient (Wildman–Crippen LogP) is 6.71. The highest BCUT2D eigenvalue weighted by atomic mass is 32.2. The van der Waals surface area contributed by atoms with Crippen molar-refractivity contribution in [2.75, 3.05) is 24.4 Å². The largest absolute Gasteiger partial charge is 0.444 e. The van der Waals surface area contributed by atoms with Gasteiger partial charge in [0, 0.05) is 26.2 Å². The highest BCUT2D eigenvalue weighted by Crippen LogP contribution is 2.40. The van der Waals surface area contributed by atoms with Gasteiger partial charge in [-0.15, -0.1) is 0 Å². The van der Waals surface area contributed by atoms with Crippen LogP contribution in [0.1, 0.15) is 49.4 Å². The van der Waals surface area contributed by atoms with Crippen LogP contribution in [-0.4, -0.2) is 53.9 Å². The summed E-state index contributed by atoms with van der Waals surface area (Å²) in [6.45, 7) is 5.89. The second-order valence-corrected chi connectivity index (χ2v) is 13.9. The molecule has 0 atom stereocenters. The van der Waals surface area contributed by atoms with Gasteiger partial charge in [0.1, 0.15) is 5.60 Å². The number of hydrogen-bond acceptors (Lipinski definition) is 6. The molecule has 0 unspecified atom stereocenters. The van der Waals surface area contributed by atoms with E-state index in [-0.39, 0.29) is 31.3 Å². The lowest BCUT2D eigenvalue weighted by molar-refractivity contribution is -0.137. The number of benzene rings is 2. The van der Waals surface area contributed by atoms with E-state index >= 15 is 0 Å². The average molecular weight is 639 g/mol. The van der Waals surface area contributed by atoms with Crippen LogP contribution in [0.15, 0.2) is 48.7 Å². The van der Waals surface area contributed by atoms with Crippen LogP contribution in [0, 0.1) is 5.13 Å². The van der Waals surface area contributed by atoms with E-state index < -0.39 is 38.8 Å². The quantitative estimate of drug-likeness (QED) is 0.314. The third-order valence-electron chi connectivity index (χ3n) is 7.11. The van der Waals surface area contributed by atoms with Gasteiger partial charge in [-0.1, -0.05) is 41.7 Å². The van der Waals surface area contributed by atoms with Gasteiger partial charge in [0.05, 0.1) is 11.8 Å². The molecular weight excluding hydrogens is 608 g/mol. The first-order valence-corrected chi connectivity index (χ1v) is 15.8. The monoisotopic (exact) mass is 638 g/mol. The van der Waals surface area contributed by atoms with Gasteiger partial charge in [-0.25, -0.2) is 14.5 Å². The number of nitrogens with one attached hydrogen (secondary N) is 1. The molecule has 0 bridgehead atoms. The molecule has 3 heterocycles. The zero-order valence-corrected chi connectivity index (χ0v) is 25.3. The second kappa shape index (κ2) is 11.5. The van der Waals surface area contributed by atoms with Crippen molar-refractivity contribution in [2.45, 2.75) is 51.9 Å². The third-order valence-corrected chi connectivity index (χ3v) is 9.38. The Hall–Kier alpha value is -3.49. The summed E-state index contributed by atoms with van der Waals surface area (Å²) >= 11 is 0.577. The minimum absolute atomic E-state index is 0.0237. The number of rotatable bonds is 5. The Labute approximate surface area is 251 Å². The Kier molecular flexibility index (Phi) is 8.31. The highest BCUT2D eigenvalue weighted by molar-refractivity contribution is 7.90. The van der Waals surface area contributed by atoms with Gasteiger partial charge in [-0.05, 0) is 79.1 Å². The van der Waals surface area contributed by atoms with Crippen molar-refractivity contribution in [3.05, 3.63) is 76.1 Å². The minimum Gasteiger partial charge on any atom is -0.444 e. The standard InChI is InChI=1S/C29H30F4N4O4S2/c1-28(2,3)41-27(38)36-12-9-18(10-13-36)24-15-20(29(31,32)33)7-8-23(24)22-6-4-5-19-17-37(14-11-21(19)22)43(39,40)35-26-34-16-25(30)42-26/h4-9,15-16H,10-14,17H2,1-3H3,(H,34,35). The van der Waals surface area contributed by atoms with Crippen LogP contribution >= 0.6 is 11.3 Å². The van der Waals surface area contributed by atoms with E-state index in [9.17, 15) is 30.8 Å². The van der Waals surface area contributed by atoms with Crippen molar-refractivity contribution in [3.8, 4) is 11.1 Å². The number of fused-ring (bicyclic) bond motifs is 1. The molecule has 8 nitrogen and oxygen atoms in total. The number of amides is 1.